The number of aliphatic imine (C=N–C) groups is 1. The molecular formula is C22H18N4O3S. The van der Waals surface area contributed by atoms with Crippen LogP contribution < -0.4 is 5.32 Å². The van der Waals surface area contributed by atoms with Crippen molar-refractivity contribution in [3.05, 3.63) is 82.5 Å². The first-order valence-electron chi connectivity index (χ1n) is 9.20. The lowest BCUT2D eigenvalue weighted by Gasteiger charge is -2.05. The molecule has 150 valence electrons. The zero-order valence-corrected chi connectivity index (χ0v) is 16.9. The van der Waals surface area contributed by atoms with Crippen LogP contribution in [0.2, 0.25) is 0 Å². The molecule has 1 aliphatic rings. The highest BCUT2D eigenvalue weighted by Crippen LogP contribution is 2.29. The van der Waals surface area contributed by atoms with Crippen molar-refractivity contribution >= 4 is 40.6 Å². The summed E-state index contributed by atoms with van der Waals surface area (Å²) >= 11 is 1.24. The lowest BCUT2D eigenvalue weighted by atomic mass is 10.1. The molecule has 0 atom stereocenters. The molecule has 3 aromatic rings. The number of nitrogens with zero attached hydrogens (tertiary/aromatic N) is 3. The third kappa shape index (κ3) is 4.49. The fourth-order valence-corrected chi connectivity index (χ4v) is 3.82. The molecule has 2 aromatic carbocycles. The zero-order chi connectivity index (χ0) is 21.1. The van der Waals surface area contributed by atoms with E-state index in [1.165, 1.54) is 11.8 Å². The second-order valence-electron chi connectivity index (χ2n) is 6.68. The fourth-order valence-electron chi connectivity index (χ4n) is 3.00. The van der Waals surface area contributed by atoms with Crippen LogP contribution in [0.4, 0.5) is 5.69 Å². The molecule has 30 heavy (non-hydrogen) atoms. The monoisotopic (exact) mass is 418 g/mol. The maximum Gasteiger partial charge on any atom is 0.307 e. The van der Waals surface area contributed by atoms with E-state index >= 15 is 0 Å². The SMILES string of the molecule is Cc1cc(/C=C2/SC(Nc3ccc(CC(=O)O)cc3)=NC2=O)nn1-c1ccccc1. The maximum atomic E-state index is 12.3. The van der Waals surface area contributed by atoms with Crippen molar-refractivity contribution in [2.45, 2.75) is 13.3 Å². The Bertz CT molecular complexity index is 1160. The smallest absolute Gasteiger partial charge is 0.307 e. The van der Waals surface area contributed by atoms with Gasteiger partial charge < -0.3 is 10.4 Å². The number of carbonyl (C=O) groups is 2. The van der Waals surface area contributed by atoms with E-state index in [2.05, 4.69) is 15.4 Å². The molecule has 1 aliphatic heterocycles. The Balaban J connectivity index is 1.46. The second-order valence-corrected chi connectivity index (χ2v) is 7.71. The number of aliphatic carboxylic acids is 1. The summed E-state index contributed by atoms with van der Waals surface area (Å²) in [7, 11) is 0. The second kappa shape index (κ2) is 8.38. The van der Waals surface area contributed by atoms with Gasteiger partial charge >= 0.3 is 5.97 Å². The summed E-state index contributed by atoms with van der Waals surface area (Å²) in [6, 6.07) is 18.7. The van der Waals surface area contributed by atoms with Crippen LogP contribution >= 0.6 is 11.8 Å². The average molecular weight is 418 g/mol. The quantitative estimate of drug-likeness (QED) is 0.610. The van der Waals surface area contributed by atoms with Gasteiger partial charge in [-0.1, -0.05) is 30.3 Å². The average Bonchev–Trinajstić information content (AvgIpc) is 3.25. The first kappa shape index (κ1) is 19.7. The number of carboxylic acids is 1. The molecule has 4 rings (SSSR count). The first-order chi connectivity index (χ1) is 14.5. The Kier molecular flexibility index (Phi) is 5.49. The van der Waals surface area contributed by atoms with E-state index in [4.69, 9.17) is 5.11 Å². The zero-order valence-electron chi connectivity index (χ0n) is 16.1. The minimum absolute atomic E-state index is 0.0314. The van der Waals surface area contributed by atoms with Gasteiger partial charge in [-0.2, -0.15) is 10.1 Å². The summed E-state index contributed by atoms with van der Waals surface area (Å²) in [5, 5.41) is 17.0. The number of aryl methyl sites for hydroxylation is 1. The van der Waals surface area contributed by atoms with Crippen LogP contribution in [0.1, 0.15) is 17.0 Å². The van der Waals surface area contributed by atoms with Gasteiger partial charge in [0.2, 0.25) is 0 Å². The van der Waals surface area contributed by atoms with Crippen LogP contribution in [0.5, 0.6) is 0 Å². The number of amides is 1. The number of hydrogen-bond acceptors (Lipinski definition) is 5. The van der Waals surface area contributed by atoms with Crippen molar-refractivity contribution in [2.24, 2.45) is 4.99 Å². The van der Waals surface area contributed by atoms with Gasteiger partial charge in [-0.3, -0.25) is 9.59 Å². The summed E-state index contributed by atoms with van der Waals surface area (Å²) in [4.78, 5) is 27.6. The summed E-state index contributed by atoms with van der Waals surface area (Å²) in [5.74, 6) is -1.20. The van der Waals surface area contributed by atoms with Crippen LogP contribution in [0.15, 0.2) is 70.6 Å². The molecule has 7 nitrogen and oxygen atoms in total. The van der Waals surface area contributed by atoms with Crippen molar-refractivity contribution in [3.8, 4) is 5.69 Å². The molecule has 0 aliphatic carbocycles. The third-order valence-electron chi connectivity index (χ3n) is 4.37. The van der Waals surface area contributed by atoms with Gasteiger partial charge in [-0.05, 0) is 60.7 Å². The number of rotatable bonds is 5. The Labute approximate surface area is 177 Å². The van der Waals surface area contributed by atoms with Gasteiger partial charge in [0, 0.05) is 11.4 Å². The van der Waals surface area contributed by atoms with E-state index in [9.17, 15) is 9.59 Å². The lowest BCUT2D eigenvalue weighted by molar-refractivity contribution is -0.136. The molecule has 1 amide bonds. The Morgan fingerprint density at radius 3 is 2.60 bits per heavy atom. The van der Waals surface area contributed by atoms with Gasteiger partial charge in [-0.15, -0.1) is 0 Å². The molecule has 8 heteroatoms. The van der Waals surface area contributed by atoms with Crippen LogP contribution in [-0.4, -0.2) is 31.9 Å². The maximum absolute atomic E-state index is 12.3. The van der Waals surface area contributed by atoms with Gasteiger partial charge in [-0.25, -0.2) is 4.68 Å². The van der Waals surface area contributed by atoms with E-state index in [1.54, 1.807) is 30.3 Å². The number of anilines is 1. The summed E-state index contributed by atoms with van der Waals surface area (Å²) in [5.41, 5.74) is 4.03. The molecule has 2 N–H and O–H groups in total. The molecule has 1 aromatic heterocycles. The largest absolute Gasteiger partial charge is 0.481 e. The molecule has 0 spiro atoms. The van der Waals surface area contributed by atoms with Crippen LogP contribution in [-0.2, 0) is 16.0 Å². The first-order valence-corrected chi connectivity index (χ1v) is 10.0. The van der Waals surface area contributed by atoms with Gasteiger partial charge in [0.1, 0.15) is 0 Å². The summed E-state index contributed by atoms with van der Waals surface area (Å²) in [6.07, 6.45) is 1.70. The molecule has 0 saturated heterocycles. The molecule has 0 saturated carbocycles. The fraction of sp³-hybridized carbons (Fsp3) is 0.0909. The number of aromatic nitrogens is 2. The van der Waals surface area contributed by atoms with Crippen LogP contribution in [0.25, 0.3) is 11.8 Å². The number of para-hydroxylation sites is 1. The Hall–Kier alpha value is -3.65. The topological polar surface area (TPSA) is 96.6 Å². The van der Waals surface area contributed by atoms with Crippen molar-refractivity contribution in [2.75, 3.05) is 5.32 Å². The summed E-state index contributed by atoms with van der Waals surface area (Å²) in [6.45, 7) is 1.96. The number of benzene rings is 2. The molecular weight excluding hydrogens is 400 g/mol. The molecule has 0 unspecified atom stereocenters. The predicted octanol–water partition coefficient (Wildman–Crippen LogP) is 3.89. The van der Waals surface area contributed by atoms with E-state index in [0.29, 0.717) is 21.3 Å². The number of hydrogen-bond donors (Lipinski definition) is 2. The van der Waals surface area contributed by atoms with Crippen LogP contribution in [0, 0.1) is 6.92 Å². The molecule has 2 heterocycles. The molecule has 0 radical (unpaired) electrons. The van der Waals surface area contributed by atoms with Crippen molar-refractivity contribution in [1.82, 2.24) is 9.78 Å². The van der Waals surface area contributed by atoms with Crippen molar-refractivity contribution in [3.63, 3.8) is 0 Å². The Morgan fingerprint density at radius 1 is 1.17 bits per heavy atom. The molecule has 0 fully saturated rings. The standard InChI is InChI=1S/C22H18N4O3S/c1-14-11-17(25-26(14)18-5-3-2-4-6-18)13-19-21(29)24-22(30-19)23-16-9-7-15(8-10-16)12-20(27)28/h2-11,13H,12H2,1H3,(H,27,28)(H,23,24,29)/b19-13+. The highest BCUT2D eigenvalue weighted by molar-refractivity contribution is 8.18. The normalized spacial score (nSPS) is 14.8. The van der Waals surface area contributed by atoms with Gasteiger partial charge in [0.25, 0.3) is 5.91 Å². The summed E-state index contributed by atoms with van der Waals surface area (Å²) < 4.78 is 1.83. The predicted molar refractivity (Wildman–Crippen MR) is 118 cm³/mol. The van der Waals surface area contributed by atoms with E-state index in [0.717, 1.165) is 17.1 Å². The number of carboxylic acid groups (broad SMARTS) is 1. The highest BCUT2D eigenvalue weighted by atomic mass is 32.2. The third-order valence-corrected chi connectivity index (χ3v) is 5.27. The minimum atomic E-state index is -0.878. The van der Waals surface area contributed by atoms with Crippen LogP contribution in [0.3, 0.4) is 0 Å². The molecule has 0 bridgehead atoms. The minimum Gasteiger partial charge on any atom is -0.481 e. The van der Waals surface area contributed by atoms with Gasteiger partial charge in [0.15, 0.2) is 5.17 Å². The van der Waals surface area contributed by atoms with E-state index in [-0.39, 0.29) is 12.3 Å². The van der Waals surface area contributed by atoms with E-state index in [1.807, 2.05) is 48.0 Å². The lowest BCUT2D eigenvalue weighted by Crippen LogP contribution is -2.05. The van der Waals surface area contributed by atoms with Crippen molar-refractivity contribution < 1.29 is 14.7 Å². The number of nitrogens with one attached hydrogen (secondary N) is 1. The van der Waals surface area contributed by atoms with E-state index < -0.39 is 5.97 Å². The number of carbonyl (C=O) groups excluding carboxylic acids is 1. The van der Waals surface area contributed by atoms with Crippen molar-refractivity contribution in [1.29, 1.82) is 0 Å². The van der Waals surface area contributed by atoms with Gasteiger partial charge in [0.05, 0.1) is 22.7 Å². The Morgan fingerprint density at radius 2 is 1.90 bits per heavy atom. The highest BCUT2D eigenvalue weighted by Gasteiger charge is 2.22. The number of amidine groups is 1. The number of thioether (sulfide) groups is 1.